The van der Waals surface area contributed by atoms with E-state index in [1.807, 2.05) is 47.6 Å². The van der Waals surface area contributed by atoms with Crippen LogP contribution >= 0.6 is 0 Å². The molecule has 3 aliphatic rings. The molecule has 184 valence electrons. The molecule has 3 rings (SSSR count). The van der Waals surface area contributed by atoms with Crippen LogP contribution in [-0.4, -0.2) is 75.0 Å². The Hall–Kier alpha value is -2.58. The number of ether oxygens (including phenoxy) is 1. The lowest BCUT2D eigenvalue weighted by atomic mass is 9.82. The second-order valence-electron chi connectivity index (χ2n) is 10.7. The number of rotatable bonds is 2. The van der Waals surface area contributed by atoms with E-state index in [2.05, 4.69) is 12.2 Å². The molecular formula is C24H38N4O5. The number of amides is 5. The van der Waals surface area contributed by atoms with Gasteiger partial charge in [0, 0.05) is 31.2 Å². The normalized spacial score (nSPS) is 31.2. The molecule has 5 atom stereocenters. The highest BCUT2D eigenvalue weighted by molar-refractivity contribution is 6.01. The number of fused-ring (bicyclic) bond motifs is 1. The largest absolute Gasteiger partial charge is 0.444 e. The highest BCUT2D eigenvalue weighted by atomic mass is 16.6. The lowest BCUT2D eigenvalue weighted by Gasteiger charge is -2.43. The molecule has 0 bridgehead atoms. The number of carbonyl (C=O) groups is 4. The molecule has 0 spiro atoms. The molecule has 3 unspecified atom stereocenters. The molecule has 0 saturated carbocycles. The Morgan fingerprint density at radius 3 is 2.39 bits per heavy atom. The van der Waals surface area contributed by atoms with E-state index < -0.39 is 17.6 Å². The van der Waals surface area contributed by atoms with Crippen LogP contribution in [0.5, 0.6) is 0 Å². The Kier molecular flexibility index (Phi) is 7.10. The smallest absolute Gasteiger partial charge is 0.410 e. The van der Waals surface area contributed by atoms with Gasteiger partial charge in [0.15, 0.2) is 0 Å². The van der Waals surface area contributed by atoms with Crippen molar-refractivity contribution in [2.24, 2.45) is 11.8 Å². The number of hydrogen-bond donors (Lipinski definition) is 1. The van der Waals surface area contributed by atoms with Crippen LogP contribution in [0.3, 0.4) is 0 Å². The highest BCUT2D eigenvalue weighted by Crippen LogP contribution is 2.38. The average molecular weight is 463 g/mol. The molecular weight excluding hydrogens is 424 g/mol. The van der Waals surface area contributed by atoms with Crippen LogP contribution in [0.1, 0.15) is 67.7 Å². The maximum atomic E-state index is 13.7. The average Bonchev–Trinajstić information content (AvgIpc) is 3.12. The van der Waals surface area contributed by atoms with Gasteiger partial charge in [-0.1, -0.05) is 6.92 Å². The lowest BCUT2D eigenvalue weighted by molar-refractivity contribution is -0.137. The van der Waals surface area contributed by atoms with Crippen LogP contribution in [0.15, 0.2) is 12.3 Å². The first kappa shape index (κ1) is 25.1. The van der Waals surface area contributed by atoms with E-state index in [4.69, 9.17) is 4.74 Å². The molecule has 0 aromatic rings. The fourth-order valence-electron chi connectivity index (χ4n) is 5.11. The minimum absolute atomic E-state index is 0.00794. The van der Waals surface area contributed by atoms with Crippen LogP contribution in [0, 0.1) is 11.8 Å². The highest BCUT2D eigenvalue weighted by Gasteiger charge is 2.47. The molecule has 5 amide bonds. The minimum atomic E-state index is -0.706. The summed E-state index contributed by atoms with van der Waals surface area (Å²) in [5, 5.41) is 2.39. The van der Waals surface area contributed by atoms with Gasteiger partial charge < -0.3 is 14.5 Å². The Morgan fingerprint density at radius 2 is 1.82 bits per heavy atom. The molecule has 0 aromatic carbocycles. The zero-order valence-corrected chi connectivity index (χ0v) is 20.8. The zero-order chi connectivity index (χ0) is 24.7. The Morgan fingerprint density at radius 1 is 1.15 bits per heavy atom. The third-order valence-corrected chi connectivity index (χ3v) is 6.99. The van der Waals surface area contributed by atoms with E-state index in [0.717, 1.165) is 6.42 Å². The van der Waals surface area contributed by atoms with Crippen molar-refractivity contribution >= 4 is 23.9 Å². The Balaban J connectivity index is 1.98. The van der Waals surface area contributed by atoms with E-state index in [-0.39, 0.29) is 54.4 Å². The predicted octanol–water partition coefficient (Wildman–Crippen LogP) is 3.10. The first-order valence-electron chi connectivity index (χ1n) is 11.9. The number of imide groups is 1. The summed E-state index contributed by atoms with van der Waals surface area (Å²) in [6, 6.07) is -1.61. The number of nitrogens with one attached hydrogen (secondary N) is 1. The Bertz CT molecular complexity index is 833. The van der Waals surface area contributed by atoms with E-state index in [1.165, 1.54) is 0 Å². The summed E-state index contributed by atoms with van der Waals surface area (Å²) >= 11 is 0. The van der Waals surface area contributed by atoms with Gasteiger partial charge in [0.25, 0.3) is 0 Å². The first-order chi connectivity index (χ1) is 15.3. The van der Waals surface area contributed by atoms with Gasteiger partial charge in [-0.15, -0.1) is 0 Å². The van der Waals surface area contributed by atoms with Crippen molar-refractivity contribution in [1.82, 2.24) is 20.0 Å². The van der Waals surface area contributed by atoms with Crippen molar-refractivity contribution in [1.29, 1.82) is 0 Å². The number of hydrogen-bond acceptors (Lipinski definition) is 5. The number of nitrogens with zero attached hydrogens (tertiary/aromatic N) is 3. The lowest BCUT2D eigenvalue weighted by Crippen LogP contribution is -2.61. The van der Waals surface area contributed by atoms with E-state index in [1.54, 1.807) is 20.9 Å². The van der Waals surface area contributed by atoms with Crippen LogP contribution in [0.2, 0.25) is 0 Å². The number of likely N-dealkylation sites (tertiary alicyclic amines) is 1. The van der Waals surface area contributed by atoms with Crippen molar-refractivity contribution < 1.29 is 23.9 Å². The van der Waals surface area contributed by atoms with Gasteiger partial charge in [-0.05, 0) is 72.3 Å². The van der Waals surface area contributed by atoms with Gasteiger partial charge in [0.05, 0.1) is 6.04 Å². The van der Waals surface area contributed by atoms with Gasteiger partial charge in [-0.3, -0.25) is 19.8 Å². The summed E-state index contributed by atoms with van der Waals surface area (Å²) in [7, 11) is 0. The fourth-order valence-corrected chi connectivity index (χ4v) is 5.11. The van der Waals surface area contributed by atoms with Crippen LogP contribution in [0.4, 0.5) is 9.59 Å². The molecule has 9 heteroatoms. The molecule has 0 aliphatic carbocycles. The summed E-state index contributed by atoms with van der Waals surface area (Å²) in [5.74, 6) is -0.630. The molecule has 0 aromatic heterocycles. The molecule has 1 N–H and O–H groups in total. The van der Waals surface area contributed by atoms with Gasteiger partial charge in [0.1, 0.15) is 11.6 Å². The maximum Gasteiger partial charge on any atom is 0.410 e. The zero-order valence-electron chi connectivity index (χ0n) is 20.8. The summed E-state index contributed by atoms with van der Waals surface area (Å²) in [6.07, 6.45) is 4.61. The summed E-state index contributed by atoms with van der Waals surface area (Å²) < 4.78 is 5.65. The molecule has 33 heavy (non-hydrogen) atoms. The first-order valence-corrected chi connectivity index (χ1v) is 11.9. The van der Waals surface area contributed by atoms with E-state index >= 15 is 0 Å². The van der Waals surface area contributed by atoms with Gasteiger partial charge in [0.2, 0.25) is 11.8 Å². The number of urea groups is 1. The third-order valence-electron chi connectivity index (χ3n) is 6.99. The summed E-state index contributed by atoms with van der Waals surface area (Å²) in [4.78, 5) is 56.1. The molecule has 2 saturated heterocycles. The van der Waals surface area contributed by atoms with Crippen molar-refractivity contribution in [3.8, 4) is 0 Å². The number of piperidine rings is 1. The van der Waals surface area contributed by atoms with Crippen molar-refractivity contribution in [2.75, 3.05) is 6.54 Å². The van der Waals surface area contributed by atoms with E-state index in [9.17, 15) is 19.2 Å². The molecule has 9 nitrogen and oxygen atoms in total. The predicted molar refractivity (Wildman–Crippen MR) is 123 cm³/mol. The fraction of sp³-hybridized carbons (Fsp3) is 0.750. The van der Waals surface area contributed by atoms with Crippen molar-refractivity contribution in [3.63, 3.8) is 0 Å². The summed E-state index contributed by atoms with van der Waals surface area (Å²) in [5.41, 5.74) is -0.598. The van der Waals surface area contributed by atoms with Crippen LogP contribution in [-0.2, 0) is 14.3 Å². The quantitative estimate of drug-likeness (QED) is 0.636. The van der Waals surface area contributed by atoms with Gasteiger partial charge >= 0.3 is 12.1 Å². The topological polar surface area (TPSA) is 99.3 Å². The van der Waals surface area contributed by atoms with Crippen LogP contribution < -0.4 is 5.32 Å². The minimum Gasteiger partial charge on any atom is -0.444 e. The number of carbonyl (C=O) groups excluding carboxylic acids is 4. The standard InChI is InChI=1S/C24H38N4O5/c1-14(2)26-13-11-18-17(10-12-27(18)23(32)33-24(5,6)7)15(3)16(4)28(22(26)31)19-8-9-20(29)25-21(19)30/h11,13-19H,8-10,12H2,1-7H3,(H,25,29,30)/t15-,16+,17?,18?,19?/m1/s1. The van der Waals surface area contributed by atoms with Crippen molar-refractivity contribution in [3.05, 3.63) is 12.3 Å². The second kappa shape index (κ2) is 9.35. The van der Waals surface area contributed by atoms with Crippen molar-refractivity contribution in [2.45, 2.75) is 97.5 Å². The molecule has 3 aliphatic heterocycles. The van der Waals surface area contributed by atoms with Gasteiger partial charge in [-0.25, -0.2) is 9.59 Å². The maximum absolute atomic E-state index is 13.7. The monoisotopic (exact) mass is 462 g/mol. The summed E-state index contributed by atoms with van der Waals surface area (Å²) in [6.45, 7) is 14.0. The molecule has 2 fully saturated rings. The SMILES string of the molecule is CC(C)N1C=CC2C(CCN2C(=O)OC(C)(C)C)[C@H](C)[C@H](C)N(C2CCC(=O)NC2=O)C1=O. The molecule has 0 radical (unpaired) electrons. The van der Waals surface area contributed by atoms with E-state index in [0.29, 0.717) is 13.0 Å². The Labute approximate surface area is 196 Å². The van der Waals surface area contributed by atoms with Gasteiger partial charge in [-0.2, -0.15) is 0 Å². The second-order valence-corrected chi connectivity index (χ2v) is 10.7. The molecule has 3 heterocycles. The third kappa shape index (κ3) is 5.17. The van der Waals surface area contributed by atoms with Crippen LogP contribution in [0.25, 0.3) is 0 Å².